The number of hydrogen-bond donors (Lipinski definition) is 1. The molecule has 0 aliphatic rings. The van der Waals surface area contributed by atoms with E-state index in [2.05, 4.69) is 29.3 Å². The van der Waals surface area contributed by atoms with Gasteiger partial charge in [0.25, 0.3) is 5.56 Å². The number of thiophene rings is 1. The van der Waals surface area contributed by atoms with E-state index in [4.69, 9.17) is 12.2 Å². The van der Waals surface area contributed by atoms with Gasteiger partial charge in [0.2, 0.25) is 10.5 Å². The van der Waals surface area contributed by atoms with Crippen LogP contribution in [0.2, 0.25) is 0 Å². The Morgan fingerprint density at radius 3 is 2.87 bits per heavy atom. The fraction of sp³-hybridized carbons (Fsp3) is 0.188. The first-order chi connectivity index (χ1) is 11.2. The van der Waals surface area contributed by atoms with Crippen molar-refractivity contribution in [1.29, 1.82) is 0 Å². The molecule has 5 nitrogen and oxygen atoms in total. The number of nitrogens with zero attached hydrogens (tertiary/aromatic N) is 3. The number of fused-ring (bicyclic) bond motifs is 3. The van der Waals surface area contributed by atoms with E-state index in [1.165, 1.54) is 16.9 Å². The van der Waals surface area contributed by atoms with Gasteiger partial charge in [0.05, 0.1) is 5.52 Å². The number of nitrogens with one attached hydrogen (secondary N) is 1. The highest BCUT2D eigenvalue weighted by molar-refractivity contribution is 7.71. The molecule has 23 heavy (non-hydrogen) atoms. The molecule has 0 spiro atoms. The van der Waals surface area contributed by atoms with Crippen molar-refractivity contribution < 1.29 is 0 Å². The third kappa shape index (κ3) is 2.24. The number of hydrogen-bond acceptors (Lipinski definition) is 4. The predicted molar refractivity (Wildman–Crippen MR) is 94.9 cm³/mol. The molecule has 0 unspecified atom stereocenters. The summed E-state index contributed by atoms with van der Waals surface area (Å²) in [4.78, 5) is 12.9. The van der Waals surface area contributed by atoms with Crippen LogP contribution in [0.25, 0.3) is 16.0 Å². The van der Waals surface area contributed by atoms with Crippen LogP contribution in [0.4, 0.5) is 0 Å². The van der Waals surface area contributed by atoms with E-state index in [0.29, 0.717) is 21.8 Å². The van der Waals surface area contributed by atoms with Gasteiger partial charge in [-0.15, -0.1) is 16.4 Å². The van der Waals surface area contributed by atoms with Crippen molar-refractivity contribution in [2.24, 2.45) is 0 Å². The molecular formula is C16H14N4OS2. The van der Waals surface area contributed by atoms with Crippen LogP contribution in [-0.2, 0) is 6.54 Å². The van der Waals surface area contributed by atoms with Crippen LogP contribution in [0.3, 0.4) is 0 Å². The molecule has 3 heterocycles. The minimum absolute atomic E-state index is 0.0146. The van der Waals surface area contributed by atoms with Crippen molar-refractivity contribution in [3.8, 4) is 0 Å². The first kappa shape index (κ1) is 14.3. The van der Waals surface area contributed by atoms with Gasteiger partial charge in [0, 0.05) is 6.54 Å². The van der Waals surface area contributed by atoms with Crippen LogP contribution in [0.5, 0.6) is 0 Å². The van der Waals surface area contributed by atoms with Crippen LogP contribution in [0, 0.1) is 4.77 Å². The van der Waals surface area contributed by atoms with Crippen LogP contribution in [0.15, 0.2) is 46.6 Å². The van der Waals surface area contributed by atoms with Gasteiger partial charge in [0.1, 0.15) is 4.70 Å². The number of aromatic nitrogens is 4. The summed E-state index contributed by atoms with van der Waals surface area (Å²) in [6.45, 7) is 2.66. The summed E-state index contributed by atoms with van der Waals surface area (Å²) in [5.74, 6) is 0.758. The first-order valence-electron chi connectivity index (χ1n) is 7.29. The molecule has 0 aliphatic heterocycles. The zero-order valence-corrected chi connectivity index (χ0v) is 14.0. The number of rotatable bonds is 3. The lowest BCUT2D eigenvalue weighted by molar-refractivity contribution is 0.589. The second-order valence-corrected chi connectivity index (χ2v) is 6.83. The van der Waals surface area contributed by atoms with Crippen molar-refractivity contribution in [2.45, 2.75) is 19.4 Å². The second kappa shape index (κ2) is 5.43. The van der Waals surface area contributed by atoms with Crippen LogP contribution >= 0.6 is 23.6 Å². The molecule has 0 saturated heterocycles. The summed E-state index contributed by atoms with van der Waals surface area (Å²) >= 11 is 6.76. The maximum Gasteiger partial charge on any atom is 0.272 e. The van der Waals surface area contributed by atoms with Crippen molar-refractivity contribution in [1.82, 2.24) is 19.2 Å². The predicted octanol–water partition coefficient (Wildman–Crippen LogP) is 3.57. The van der Waals surface area contributed by atoms with Crippen molar-refractivity contribution in [2.75, 3.05) is 0 Å². The average Bonchev–Trinajstić information content (AvgIpc) is 3.19. The lowest BCUT2D eigenvalue weighted by atomic mass is 10.0. The Kier molecular flexibility index (Phi) is 3.39. The highest BCUT2D eigenvalue weighted by Crippen LogP contribution is 2.21. The van der Waals surface area contributed by atoms with Crippen molar-refractivity contribution in [3.05, 3.63) is 62.5 Å². The number of aromatic amines is 1. The lowest BCUT2D eigenvalue weighted by Gasteiger charge is -2.14. The van der Waals surface area contributed by atoms with E-state index in [-0.39, 0.29) is 11.5 Å². The molecule has 0 saturated carbocycles. The topological polar surface area (TPSA) is 55.1 Å². The summed E-state index contributed by atoms with van der Waals surface area (Å²) in [6, 6.07) is 12.1. The molecule has 1 N–H and O–H groups in total. The molecular weight excluding hydrogens is 328 g/mol. The Morgan fingerprint density at radius 2 is 2.09 bits per heavy atom. The first-order valence-corrected chi connectivity index (χ1v) is 8.57. The quantitative estimate of drug-likeness (QED) is 0.579. The Morgan fingerprint density at radius 1 is 1.30 bits per heavy atom. The summed E-state index contributed by atoms with van der Waals surface area (Å²) in [5, 5.41) is 8.98. The molecule has 0 fully saturated rings. The van der Waals surface area contributed by atoms with E-state index in [0.717, 1.165) is 5.52 Å². The van der Waals surface area contributed by atoms with Gasteiger partial charge in [-0.05, 0) is 35.1 Å². The summed E-state index contributed by atoms with van der Waals surface area (Å²) in [7, 11) is 0. The zero-order chi connectivity index (χ0) is 16.0. The van der Waals surface area contributed by atoms with Gasteiger partial charge in [0.15, 0.2) is 0 Å². The van der Waals surface area contributed by atoms with Crippen molar-refractivity contribution in [3.63, 3.8) is 0 Å². The second-order valence-electron chi connectivity index (χ2n) is 5.53. The molecule has 1 aromatic carbocycles. The van der Waals surface area contributed by atoms with E-state index < -0.39 is 0 Å². The maximum absolute atomic E-state index is 12.9. The molecule has 3 aromatic heterocycles. The van der Waals surface area contributed by atoms with Crippen molar-refractivity contribution >= 4 is 39.5 Å². The number of H-pyrrole nitrogens is 1. The van der Waals surface area contributed by atoms with Gasteiger partial charge in [-0.25, -0.2) is 5.10 Å². The van der Waals surface area contributed by atoms with Gasteiger partial charge in [-0.3, -0.25) is 13.8 Å². The Labute approximate surface area is 140 Å². The maximum atomic E-state index is 12.9. The van der Waals surface area contributed by atoms with E-state index in [9.17, 15) is 4.79 Å². The Hall–Kier alpha value is -2.25. The van der Waals surface area contributed by atoms with E-state index in [1.807, 2.05) is 34.0 Å². The Bertz CT molecular complexity index is 1100. The largest absolute Gasteiger partial charge is 0.275 e. The fourth-order valence-corrected chi connectivity index (χ4v) is 3.91. The monoisotopic (exact) mass is 342 g/mol. The molecule has 1 atom stereocenters. The molecule has 4 aromatic rings. The van der Waals surface area contributed by atoms with E-state index >= 15 is 0 Å². The SMILES string of the molecule is C[C@@H](Cn1c(=O)c2sccc2n2c(=S)[nH]nc12)c1ccccc1. The molecule has 116 valence electrons. The smallest absolute Gasteiger partial charge is 0.272 e. The summed E-state index contributed by atoms with van der Waals surface area (Å²) in [5.41, 5.74) is 2.00. The third-order valence-electron chi connectivity index (χ3n) is 4.05. The third-order valence-corrected chi connectivity index (χ3v) is 5.21. The highest BCUT2D eigenvalue weighted by Gasteiger charge is 2.16. The highest BCUT2D eigenvalue weighted by atomic mass is 32.1. The van der Waals surface area contributed by atoms with Gasteiger partial charge in [-0.2, -0.15) is 0 Å². The van der Waals surface area contributed by atoms with Gasteiger partial charge in [-0.1, -0.05) is 37.3 Å². The standard InChI is InChI=1S/C16H14N4OS2/c1-10(11-5-3-2-4-6-11)9-19-14(21)13-12(7-8-23-13)20-15(19)17-18-16(20)22/h2-8,10H,9H2,1H3,(H,18,22)/t10-/m0/s1. The molecule has 0 radical (unpaired) electrons. The Balaban J connectivity index is 1.93. The zero-order valence-electron chi connectivity index (χ0n) is 12.4. The fourth-order valence-electron chi connectivity index (χ4n) is 2.86. The normalized spacial score (nSPS) is 12.9. The summed E-state index contributed by atoms with van der Waals surface area (Å²) < 4.78 is 4.75. The minimum atomic E-state index is -0.0146. The molecule has 0 amide bonds. The minimum Gasteiger partial charge on any atom is -0.275 e. The van der Waals surface area contributed by atoms with Crippen LogP contribution < -0.4 is 5.56 Å². The van der Waals surface area contributed by atoms with Gasteiger partial charge < -0.3 is 0 Å². The van der Waals surface area contributed by atoms with Crippen LogP contribution in [0.1, 0.15) is 18.4 Å². The summed E-state index contributed by atoms with van der Waals surface area (Å²) in [6.07, 6.45) is 0. The molecule has 4 rings (SSSR count). The van der Waals surface area contributed by atoms with E-state index in [1.54, 1.807) is 4.57 Å². The molecule has 7 heteroatoms. The lowest BCUT2D eigenvalue weighted by Crippen LogP contribution is -2.24. The van der Waals surface area contributed by atoms with Gasteiger partial charge >= 0.3 is 0 Å². The average molecular weight is 342 g/mol. The number of benzene rings is 1. The van der Waals surface area contributed by atoms with Crippen LogP contribution in [-0.4, -0.2) is 19.2 Å². The molecule has 0 bridgehead atoms. The molecule has 0 aliphatic carbocycles.